The molecule has 0 radical (unpaired) electrons. The number of likely N-dealkylation sites (N-methyl/N-ethyl adjacent to an activating group) is 1. The number of hydrogen-bond donors (Lipinski definition) is 2. The summed E-state index contributed by atoms with van der Waals surface area (Å²) in [6.45, 7) is 4.67. The fraction of sp³-hybridized carbons (Fsp3) is 0.912. The van der Waals surface area contributed by atoms with Gasteiger partial charge in [0.1, 0.15) is 13.2 Å². The standard InChI is InChI=1S/C57H113N2O6P/c1-6-8-10-12-14-16-18-20-21-22-23-24-25-26-27-28-29-30-31-32-33-34-35-36-37-39-41-43-45-47-49-51-57(61)58-55(54-65-66(62,63)64-53-52-59(3,4)5)56(60)50-48-46-44-42-40-38-19-17-15-13-11-9-7-2/h26-27,48,50,55-56,60H,6-25,28-47,49,51-54H2,1-5H3,(H-,58,61,62,63)/b27-26-,50-48+. The molecule has 0 aliphatic rings. The van der Waals surface area contributed by atoms with E-state index in [2.05, 4.69) is 31.3 Å². The van der Waals surface area contributed by atoms with Gasteiger partial charge in [0.2, 0.25) is 5.91 Å². The molecule has 0 aromatic heterocycles. The quantitative estimate of drug-likeness (QED) is 0.0272. The number of rotatable bonds is 53. The van der Waals surface area contributed by atoms with Crippen LogP contribution in [0, 0.1) is 0 Å². The van der Waals surface area contributed by atoms with Gasteiger partial charge in [-0.05, 0) is 44.9 Å². The Labute approximate surface area is 411 Å². The van der Waals surface area contributed by atoms with E-state index >= 15 is 0 Å². The number of hydrogen-bond acceptors (Lipinski definition) is 6. The first-order valence-electron chi connectivity index (χ1n) is 28.7. The number of amides is 1. The predicted molar refractivity (Wildman–Crippen MR) is 284 cm³/mol. The molecule has 0 fully saturated rings. The number of phosphoric ester groups is 1. The number of allylic oxidation sites excluding steroid dienone is 3. The SMILES string of the molecule is CCCCCCCCCCCCC/C=C/C(O)C(COP(=O)([O-])OCC[N+](C)(C)C)NC(=O)CCCCCCCCCCCCCCCCC/C=C\CCCCCCCCCCCCCC. The third-order valence-electron chi connectivity index (χ3n) is 13.2. The first kappa shape index (κ1) is 65.0. The van der Waals surface area contributed by atoms with Crippen LogP contribution in [-0.2, 0) is 18.4 Å². The first-order valence-corrected chi connectivity index (χ1v) is 30.2. The number of carbonyl (C=O) groups excluding carboxylic acids is 1. The van der Waals surface area contributed by atoms with Crippen molar-refractivity contribution < 1.29 is 32.9 Å². The summed E-state index contributed by atoms with van der Waals surface area (Å²) in [7, 11) is 1.27. The summed E-state index contributed by atoms with van der Waals surface area (Å²) in [5.74, 6) is -0.194. The van der Waals surface area contributed by atoms with E-state index in [-0.39, 0.29) is 19.1 Å². The van der Waals surface area contributed by atoms with Crippen LogP contribution in [0.5, 0.6) is 0 Å². The van der Waals surface area contributed by atoms with E-state index < -0.39 is 20.0 Å². The van der Waals surface area contributed by atoms with Gasteiger partial charge in [-0.25, -0.2) is 0 Å². The number of phosphoric acid groups is 1. The van der Waals surface area contributed by atoms with Crippen LogP contribution in [0.15, 0.2) is 24.3 Å². The topological polar surface area (TPSA) is 108 Å². The predicted octanol–water partition coefficient (Wildman–Crippen LogP) is 16.6. The summed E-state index contributed by atoms with van der Waals surface area (Å²) in [4.78, 5) is 25.4. The fourth-order valence-electron chi connectivity index (χ4n) is 8.62. The van der Waals surface area contributed by atoms with Crippen LogP contribution in [0.2, 0.25) is 0 Å². The zero-order chi connectivity index (χ0) is 48.5. The van der Waals surface area contributed by atoms with E-state index in [9.17, 15) is 19.4 Å². The van der Waals surface area contributed by atoms with Gasteiger partial charge < -0.3 is 28.8 Å². The molecular formula is C57H113N2O6P. The van der Waals surface area contributed by atoms with Gasteiger partial charge in [0.25, 0.3) is 7.82 Å². The third kappa shape index (κ3) is 50.8. The van der Waals surface area contributed by atoms with Crippen LogP contribution in [0.3, 0.4) is 0 Å². The second kappa shape index (κ2) is 49.0. The maximum Gasteiger partial charge on any atom is 0.268 e. The summed E-state index contributed by atoms with van der Waals surface area (Å²) in [5.41, 5.74) is 0. The molecule has 66 heavy (non-hydrogen) atoms. The lowest BCUT2D eigenvalue weighted by Gasteiger charge is -2.29. The van der Waals surface area contributed by atoms with Gasteiger partial charge in [-0.2, -0.15) is 0 Å². The minimum atomic E-state index is -4.59. The molecule has 9 heteroatoms. The van der Waals surface area contributed by atoms with Crippen molar-refractivity contribution in [2.45, 2.75) is 296 Å². The smallest absolute Gasteiger partial charge is 0.268 e. The lowest BCUT2D eigenvalue weighted by Crippen LogP contribution is -2.45. The molecule has 0 aromatic rings. The minimum Gasteiger partial charge on any atom is -0.756 e. The molecule has 0 aliphatic heterocycles. The zero-order valence-corrected chi connectivity index (χ0v) is 45.6. The van der Waals surface area contributed by atoms with Crippen LogP contribution in [0.1, 0.15) is 284 Å². The molecule has 1 amide bonds. The van der Waals surface area contributed by atoms with E-state index in [0.29, 0.717) is 17.4 Å². The first-order chi connectivity index (χ1) is 32.0. The molecule has 0 aromatic carbocycles. The average Bonchev–Trinajstić information content (AvgIpc) is 3.28. The van der Waals surface area contributed by atoms with Gasteiger partial charge in [-0.1, -0.05) is 256 Å². The van der Waals surface area contributed by atoms with Crippen molar-refractivity contribution in [1.29, 1.82) is 0 Å². The second-order valence-corrected chi connectivity index (χ2v) is 22.4. The van der Waals surface area contributed by atoms with Crippen molar-refractivity contribution in [2.75, 3.05) is 40.9 Å². The Morgan fingerprint density at radius 2 is 0.833 bits per heavy atom. The number of aliphatic hydroxyl groups is 1. The van der Waals surface area contributed by atoms with Crippen LogP contribution < -0.4 is 10.2 Å². The number of aliphatic hydroxyl groups excluding tert-OH is 1. The highest BCUT2D eigenvalue weighted by Crippen LogP contribution is 2.38. The van der Waals surface area contributed by atoms with E-state index in [4.69, 9.17) is 9.05 Å². The van der Waals surface area contributed by atoms with Crippen molar-refractivity contribution in [3.63, 3.8) is 0 Å². The molecule has 3 atom stereocenters. The maximum absolute atomic E-state index is 12.9. The Balaban J connectivity index is 4.02. The van der Waals surface area contributed by atoms with E-state index in [0.717, 1.165) is 38.5 Å². The molecule has 8 nitrogen and oxygen atoms in total. The molecule has 3 unspecified atom stereocenters. The van der Waals surface area contributed by atoms with Crippen molar-refractivity contribution >= 4 is 13.7 Å². The Morgan fingerprint density at radius 3 is 1.18 bits per heavy atom. The lowest BCUT2D eigenvalue weighted by molar-refractivity contribution is -0.870. The van der Waals surface area contributed by atoms with Gasteiger partial charge in [0.05, 0.1) is 39.9 Å². The van der Waals surface area contributed by atoms with Crippen LogP contribution in [-0.4, -0.2) is 68.5 Å². The zero-order valence-electron chi connectivity index (χ0n) is 44.7. The van der Waals surface area contributed by atoms with E-state index in [1.807, 2.05) is 27.2 Å². The van der Waals surface area contributed by atoms with Gasteiger partial charge in [-0.3, -0.25) is 9.36 Å². The average molecular weight is 954 g/mol. The Bertz CT molecular complexity index is 1130. The van der Waals surface area contributed by atoms with Crippen molar-refractivity contribution in [2.24, 2.45) is 0 Å². The number of unbranched alkanes of at least 4 members (excludes halogenated alkanes) is 38. The third-order valence-corrected chi connectivity index (χ3v) is 14.1. The molecule has 392 valence electrons. The maximum atomic E-state index is 12.9. The molecule has 0 saturated carbocycles. The minimum absolute atomic E-state index is 0.000974. The van der Waals surface area contributed by atoms with Crippen LogP contribution >= 0.6 is 7.82 Å². The van der Waals surface area contributed by atoms with Gasteiger partial charge in [-0.15, -0.1) is 0 Å². The van der Waals surface area contributed by atoms with Crippen LogP contribution in [0.25, 0.3) is 0 Å². The molecule has 0 rings (SSSR count). The van der Waals surface area contributed by atoms with Gasteiger partial charge in [0.15, 0.2) is 0 Å². The number of nitrogens with zero attached hydrogens (tertiary/aromatic N) is 1. The highest BCUT2D eigenvalue weighted by Gasteiger charge is 2.23. The van der Waals surface area contributed by atoms with Gasteiger partial charge >= 0.3 is 0 Å². The summed E-state index contributed by atoms with van der Waals surface area (Å²) >= 11 is 0. The Kier molecular flexibility index (Phi) is 48.2. The molecule has 0 heterocycles. The number of quaternary nitrogens is 1. The highest BCUT2D eigenvalue weighted by atomic mass is 31.2. The summed E-state index contributed by atoms with van der Waals surface area (Å²) in [6, 6.07) is -0.883. The Morgan fingerprint density at radius 1 is 0.515 bits per heavy atom. The molecule has 2 N–H and O–H groups in total. The fourth-order valence-corrected chi connectivity index (χ4v) is 9.34. The van der Waals surface area contributed by atoms with E-state index in [1.165, 1.54) is 225 Å². The summed E-state index contributed by atoms with van der Waals surface area (Å²) in [5, 5.41) is 13.8. The highest BCUT2D eigenvalue weighted by molar-refractivity contribution is 7.45. The molecule has 0 spiro atoms. The summed E-state index contributed by atoms with van der Waals surface area (Å²) < 4.78 is 23.3. The number of carbonyl (C=O) groups is 1. The normalized spacial score (nSPS) is 14.1. The van der Waals surface area contributed by atoms with Crippen LogP contribution in [0.4, 0.5) is 0 Å². The van der Waals surface area contributed by atoms with E-state index in [1.54, 1.807) is 6.08 Å². The van der Waals surface area contributed by atoms with Gasteiger partial charge in [0, 0.05) is 6.42 Å². The number of nitrogens with one attached hydrogen (secondary N) is 1. The van der Waals surface area contributed by atoms with Crippen molar-refractivity contribution in [3.05, 3.63) is 24.3 Å². The molecule has 0 saturated heterocycles. The largest absolute Gasteiger partial charge is 0.756 e. The Hall–Kier alpha value is -1.02. The molecular weight excluding hydrogens is 840 g/mol. The second-order valence-electron chi connectivity index (χ2n) is 21.0. The monoisotopic (exact) mass is 953 g/mol. The lowest BCUT2D eigenvalue weighted by atomic mass is 10.0. The van der Waals surface area contributed by atoms with Crippen molar-refractivity contribution in [1.82, 2.24) is 5.32 Å². The van der Waals surface area contributed by atoms with Crippen molar-refractivity contribution in [3.8, 4) is 0 Å². The molecule has 0 bridgehead atoms. The molecule has 0 aliphatic carbocycles. The summed E-state index contributed by atoms with van der Waals surface area (Å²) in [6.07, 6.45) is 61.2.